The van der Waals surface area contributed by atoms with Gasteiger partial charge < -0.3 is 10.2 Å². The van der Waals surface area contributed by atoms with Crippen molar-refractivity contribution in [3.8, 4) is 11.5 Å². The molecule has 0 spiro atoms. The van der Waals surface area contributed by atoms with Gasteiger partial charge in [-0.25, -0.2) is 0 Å². The first-order valence-corrected chi connectivity index (χ1v) is 10.9. The third-order valence-electron chi connectivity index (χ3n) is 5.69. The molecule has 0 heterocycles. The standard InChI is InChI=1S/C27H16N2O9/c30-23-11-9-19(13-21(23)28(35)36)26(33)17-5-1-15(2-6-17)25(32)16-3-7-18(8-4-16)27(34)20-10-12-24(31)22(14-20)29(37)38/h1-14,30-31H. The monoisotopic (exact) mass is 512 g/mol. The van der Waals surface area contributed by atoms with Crippen molar-refractivity contribution in [3.05, 3.63) is 139 Å². The van der Waals surface area contributed by atoms with Crippen LogP contribution in [-0.4, -0.2) is 37.4 Å². The maximum absolute atomic E-state index is 12.9. The molecule has 0 atom stereocenters. The quantitative estimate of drug-likeness (QED) is 0.194. The first-order chi connectivity index (χ1) is 18.1. The Labute approximate surface area is 213 Å². The number of nitro groups is 2. The van der Waals surface area contributed by atoms with Crippen molar-refractivity contribution in [3.63, 3.8) is 0 Å². The molecular weight excluding hydrogens is 496 g/mol. The van der Waals surface area contributed by atoms with E-state index in [4.69, 9.17) is 0 Å². The number of aromatic hydroxyl groups is 2. The number of ketones is 3. The van der Waals surface area contributed by atoms with Crippen LogP contribution < -0.4 is 0 Å². The Hall–Kier alpha value is -5.71. The fraction of sp³-hybridized carbons (Fsp3) is 0. The van der Waals surface area contributed by atoms with E-state index in [-0.39, 0.29) is 33.4 Å². The molecule has 188 valence electrons. The Morgan fingerprint density at radius 3 is 0.974 bits per heavy atom. The largest absolute Gasteiger partial charge is 0.502 e. The molecular formula is C27H16N2O9. The average molecular weight is 512 g/mol. The molecule has 4 rings (SSSR count). The lowest BCUT2D eigenvalue weighted by atomic mass is 9.96. The van der Waals surface area contributed by atoms with Crippen molar-refractivity contribution in [2.45, 2.75) is 0 Å². The van der Waals surface area contributed by atoms with E-state index in [1.807, 2.05) is 0 Å². The third kappa shape index (κ3) is 4.97. The molecule has 4 aromatic carbocycles. The Bertz CT molecular complexity index is 1500. The number of nitro benzene ring substituents is 2. The molecule has 0 saturated heterocycles. The number of nitrogens with zero attached hydrogens (tertiary/aromatic N) is 2. The molecule has 0 aliphatic carbocycles. The van der Waals surface area contributed by atoms with Crippen molar-refractivity contribution in [2.75, 3.05) is 0 Å². The van der Waals surface area contributed by atoms with E-state index in [9.17, 15) is 44.8 Å². The zero-order chi connectivity index (χ0) is 27.6. The molecule has 4 aromatic rings. The van der Waals surface area contributed by atoms with E-state index in [0.29, 0.717) is 0 Å². The topological polar surface area (TPSA) is 178 Å². The first-order valence-electron chi connectivity index (χ1n) is 10.9. The van der Waals surface area contributed by atoms with E-state index in [2.05, 4.69) is 0 Å². The van der Waals surface area contributed by atoms with Gasteiger partial charge in [0.15, 0.2) is 28.8 Å². The fourth-order valence-corrected chi connectivity index (χ4v) is 3.67. The summed E-state index contributed by atoms with van der Waals surface area (Å²) in [5.74, 6) is -2.61. The predicted octanol–water partition coefficient (Wildman–Crippen LogP) is 4.61. The van der Waals surface area contributed by atoms with Gasteiger partial charge in [-0.2, -0.15) is 0 Å². The molecule has 0 saturated carbocycles. The normalized spacial score (nSPS) is 10.5. The van der Waals surface area contributed by atoms with Gasteiger partial charge in [0.25, 0.3) is 0 Å². The maximum Gasteiger partial charge on any atom is 0.311 e. The minimum Gasteiger partial charge on any atom is -0.502 e. The Morgan fingerprint density at radius 2 is 0.711 bits per heavy atom. The number of benzene rings is 4. The number of hydrogen-bond donors (Lipinski definition) is 2. The van der Waals surface area contributed by atoms with Gasteiger partial charge in [-0.15, -0.1) is 0 Å². The van der Waals surface area contributed by atoms with Gasteiger partial charge in [0, 0.05) is 45.5 Å². The van der Waals surface area contributed by atoms with Gasteiger partial charge in [0.1, 0.15) is 0 Å². The Balaban J connectivity index is 1.51. The molecule has 0 bridgehead atoms. The number of phenolic OH excluding ortho intramolecular Hbond substituents is 2. The van der Waals surface area contributed by atoms with Crippen LogP contribution in [0.2, 0.25) is 0 Å². The highest BCUT2D eigenvalue weighted by atomic mass is 16.6. The molecule has 0 unspecified atom stereocenters. The maximum atomic E-state index is 12.9. The molecule has 0 aliphatic rings. The molecule has 11 heteroatoms. The predicted molar refractivity (Wildman–Crippen MR) is 133 cm³/mol. The average Bonchev–Trinajstić information content (AvgIpc) is 2.92. The lowest BCUT2D eigenvalue weighted by molar-refractivity contribution is -0.386. The van der Waals surface area contributed by atoms with Gasteiger partial charge in [0.2, 0.25) is 0 Å². The van der Waals surface area contributed by atoms with Gasteiger partial charge >= 0.3 is 11.4 Å². The van der Waals surface area contributed by atoms with Crippen LogP contribution in [0.1, 0.15) is 47.8 Å². The summed E-state index contributed by atoms with van der Waals surface area (Å²) < 4.78 is 0. The lowest BCUT2D eigenvalue weighted by Crippen LogP contribution is -2.06. The Morgan fingerprint density at radius 1 is 0.474 bits per heavy atom. The molecule has 2 N–H and O–H groups in total. The van der Waals surface area contributed by atoms with Crippen molar-refractivity contribution >= 4 is 28.7 Å². The van der Waals surface area contributed by atoms with Gasteiger partial charge in [-0.05, 0) is 24.3 Å². The van der Waals surface area contributed by atoms with Crippen LogP contribution >= 0.6 is 0 Å². The molecule has 0 radical (unpaired) electrons. The van der Waals surface area contributed by atoms with Crippen LogP contribution in [0.5, 0.6) is 11.5 Å². The summed E-state index contributed by atoms with van der Waals surface area (Å²) in [4.78, 5) is 58.7. The van der Waals surface area contributed by atoms with E-state index in [1.54, 1.807) is 0 Å². The van der Waals surface area contributed by atoms with Gasteiger partial charge in [0.05, 0.1) is 9.85 Å². The third-order valence-corrected chi connectivity index (χ3v) is 5.69. The van der Waals surface area contributed by atoms with Crippen LogP contribution in [0.15, 0.2) is 84.9 Å². The second kappa shape index (κ2) is 10.1. The van der Waals surface area contributed by atoms with E-state index in [1.165, 1.54) is 60.7 Å². The van der Waals surface area contributed by atoms with E-state index >= 15 is 0 Å². The number of carbonyl (C=O) groups is 3. The summed E-state index contributed by atoms with van der Waals surface area (Å²) in [7, 11) is 0. The summed E-state index contributed by atoms with van der Waals surface area (Å²) in [6.45, 7) is 0. The highest BCUT2D eigenvalue weighted by Gasteiger charge is 2.20. The van der Waals surface area contributed by atoms with Crippen LogP contribution in [0.25, 0.3) is 0 Å². The van der Waals surface area contributed by atoms with Crippen molar-refractivity contribution < 1.29 is 34.4 Å². The highest BCUT2D eigenvalue weighted by Crippen LogP contribution is 2.28. The van der Waals surface area contributed by atoms with Gasteiger partial charge in [-0.3, -0.25) is 34.6 Å². The molecule has 38 heavy (non-hydrogen) atoms. The smallest absolute Gasteiger partial charge is 0.311 e. The first kappa shape index (κ1) is 25.4. The summed E-state index contributed by atoms with van der Waals surface area (Å²) in [6, 6.07) is 17.8. The van der Waals surface area contributed by atoms with Crippen molar-refractivity contribution in [1.82, 2.24) is 0 Å². The lowest BCUT2D eigenvalue weighted by Gasteiger charge is -2.06. The fourth-order valence-electron chi connectivity index (χ4n) is 3.67. The van der Waals surface area contributed by atoms with Crippen LogP contribution in [-0.2, 0) is 0 Å². The molecule has 11 nitrogen and oxygen atoms in total. The zero-order valence-corrected chi connectivity index (χ0v) is 19.2. The minimum atomic E-state index is -0.804. The molecule has 0 aliphatic heterocycles. The van der Waals surface area contributed by atoms with Crippen LogP contribution in [0, 0.1) is 20.2 Å². The number of rotatable bonds is 8. The number of phenols is 2. The summed E-state index contributed by atoms with van der Waals surface area (Å²) >= 11 is 0. The minimum absolute atomic E-state index is 0.00667. The van der Waals surface area contributed by atoms with E-state index in [0.717, 1.165) is 24.3 Å². The zero-order valence-electron chi connectivity index (χ0n) is 19.2. The molecule has 0 aromatic heterocycles. The van der Waals surface area contributed by atoms with Crippen LogP contribution in [0.3, 0.4) is 0 Å². The second-order valence-corrected chi connectivity index (χ2v) is 8.06. The van der Waals surface area contributed by atoms with Gasteiger partial charge in [-0.1, -0.05) is 48.5 Å². The molecule has 0 amide bonds. The van der Waals surface area contributed by atoms with Crippen molar-refractivity contribution in [1.29, 1.82) is 0 Å². The van der Waals surface area contributed by atoms with Crippen molar-refractivity contribution in [2.24, 2.45) is 0 Å². The Kier molecular flexibility index (Phi) is 6.75. The second-order valence-electron chi connectivity index (χ2n) is 8.06. The molecule has 0 fully saturated rings. The van der Waals surface area contributed by atoms with Crippen LogP contribution in [0.4, 0.5) is 11.4 Å². The number of carbonyl (C=O) groups excluding carboxylic acids is 3. The summed E-state index contributed by atoms with van der Waals surface area (Å²) in [5.41, 5.74) is -0.393. The SMILES string of the molecule is O=C(c1ccc(C(=O)c2ccc(O)c([N+](=O)[O-])c2)cc1)c1ccc(C(=O)c2ccc(O)c([N+](=O)[O-])c2)cc1. The highest BCUT2D eigenvalue weighted by molar-refractivity contribution is 6.13. The summed E-state index contributed by atoms with van der Waals surface area (Å²) in [6.07, 6.45) is 0. The summed E-state index contributed by atoms with van der Waals surface area (Å²) in [5, 5.41) is 41.2. The number of hydrogen-bond acceptors (Lipinski definition) is 9. The van der Waals surface area contributed by atoms with E-state index < -0.39 is 50.1 Å².